The second-order valence-electron chi connectivity index (χ2n) is 5.74. The summed E-state index contributed by atoms with van der Waals surface area (Å²) in [7, 11) is 3.52. The molecule has 2 aromatic carbocycles. The molecule has 0 atom stereocenters. The average Bonchev–Trinajstić information content (AvgIpc) is 2.59. The molecule has 0 heterocycles. The highest BCUT2D eigenvalue weighted by atomic mass is 32.1. The van der Waals surface area contributed by atoms with Gasteiger partial charge in [-0.3, -0.25) is 0 Å². The van der Waals surface area contributed by atoms with Gasteiger partial charge in [-0.05, 0) is 53.5 Å². The van der Waals surface area contributed by atoms with Crippen molar-refractivity contribution in [3.8, 4) is 5.75 Å². The minimum Gasteiger partial charge on any atom is -0.497 e. The Morgan fingerprint density at radius 3 is 2.17 bits per heavy atom. The van der Waals surface area contributed by atoms with E-state index in [1.807, 2.05) is 31.3 Å². The fourth-order valence-electron chi connectivity index (χ4n) is 2.37. The summed E-state index contributed by atoms with van der Waals surface area (Å²) in [6, 6.07) is 16.7. The van der Waals surface area contributed by atoms with Gasteiger partial charge >= 0.3 is 0 Å². The summed E-state index contributed by atoms with van der Waals surface area (Å²) in [4.78, 5) is 2.08. The van der Waals surface area contributed by atoms with Gasteiger partial charge in [-0.1, -0.05) is 38.1 Å². The van der Waals surface area contributed by atoms with Crippen LogP contribution < -0.4 is 15.0 Å². The fraction of sp³-hybridized carbons (Fsp3) is 0.316. The molecule has 0 radical (unpaired) electrons. The summed E-state index contributed by atoms with van der Waals surface area (Å²) in [6.45, 7) is 5.13. The van der Waals surface area contributed by atoms with E-state index in [0.717, 1.165) is 18.0 Å². The van der Waals surface area contributed by atoms with Crippen molar-refractivity contribution in [3.63, 3.8) is 0 Å². The van der Waals surface area contributed by atoms with Crippen LogP contribution in [0.15, 0.2) is 48.5 Å². The number of methoxy groups -OCH3 is 1. The summed E-state index contributed by atoms with van der Waals surface area (Å²) in [5.41, 5.74) is 3.61. The molecule has 0 saturated heterocycles. The SMILES string of the molecule is CNC(=S)N(Cc1ccc(C(C)C)cc1)c1ccc(OC)cc1. The molecule has 0 aliphatic heterocycles. The van der Waals surface area contributed by atoms with Gasteiger partial charge in [0.15, 0.2) is 5.11 Å². The van der Waals surface area contributed by atoms with Crippen LogP contribution in [-0.4, -0.2) is 19.3 Å². The van der Waals surface area contributed by atoms with E-state index in [2.05, 4.69) is 48.3 Å². The normalized spacial score (nSPS) is 10.5. The number of anilines is 1. The van der Waals surface area contributed by atoms with Gasteiger partial charge in [0.2, 0.25) is 0 Å². The van der Waals surface area contributed by atoms with Crippen LogP contribution in [0.2, 0.25) is 0 Å². The van der Waals surface area contributed by atoms with Crippen LogP contribution in [0, 0.1) is 0 Å². The first-order valence-corrected chi connectivity index (χ1v) is 8.18. The molecule has 2 aromatic rings. The van der Waals surface area contributed by atoms with Crippen molar-refractivity contribution in [1.82, 2.24) is 5.32 Å². The number of thiocarbonyl (C=S) groups is 1. The minimum atomic E-state index is 0.542. The van der Waals surface area contributed by atoms with Crippen molar-refractivity contribution < 1.29 is 4.74 Å². The van der Waals surface area contributed by atoms with Crippen LogP contribution >= 0.6 is 12.2 Å². The van der Waals surface area contributed by atoms with Crippen LogP contribution in [-0.2, 0) is 6.54 Å². The lowest BCUT2D eigenvalue weighted by Gasteiger charge is -2.25. The zero-order chi connectivity index (χ0) is 16.8. The molecule has 0 saturated carbocycles. The summed E-state index contributed by atoms with van der Waals surface area (Å²) < 4.78 is 5.22. The van der Waals surface area contributed by atoms with E-state index in [1.165, 1.54) is 11.1 Å². The molecule has 0 aliphatic carbocycles. The zero-order valence-electron chi connectivity index (χ0n) is 14.2. The topological polar surface area (TPSA) is 24.5 Å². The molecule has 0 unspecified atom stereocenters. The Labute approximate surface area is 144 Å². The Morgan fingerprint density at radius 2 is 1.70 bits per heavy atom. The van der Waals surface area contributed by atoms with E-state index in [9.17, 15) is 0 Å². The second kappa shape index (κ2) is 7.97. The van der Waals surface area contributed by atoms with Crippen LogP contribution in [0.4, 0.5) is 5.69 Å². The van der Waals surface area contributed by atoms with Gasteiger partial charge in [0.1, 0.15) is 5.75 Å². The lowest BCUT2D eigenvalue weighted by atomic mass is 10.0. The Bertz CT molecular complexity index is 635. The lowest BCUT2D eigenvalue weighted by Crippen LogP contribution is -2.37. The third kappa shape index (κ3) is 4.45. The van der Waals surface area contributed by atoms with Crippen LogP contribution in [0.1, 0.15) is 30.9 Å². The van der Waals surface area contributed by atoms with E-state index in [-0.39, 0.29) is 0 Å². The minimum absolute atomic E-state index is 0.542. The van der Waals surface area contributed by atoms with Crippen molar-refractivity contribution >= 4 is 23.0 Å². The quantitative estimate of drug-likeness (QED) is 0.826. The van der Waals surface area contributed by atoms with E-state index in [0.29, 0.717) is 11.0 Å². The standard InChI is InChI=1S/C19H24N2OS/c1-14(2)16-7-5-15(6-8-16)13-21(19(23)20-3)17-9-11-18(22-4)12-10-17/h5-12,14H,13H2,1-4H3,(H,20,23). The molecule has 1 N–H and O–H groups in total. The van der Waals surface area contributed by atoms with Crippen molar-refractivity contribution in [2.45, 2.75) is 26.3 Å². The van der Waals surface area contributed by atoms with Crippen LogP contribution in [0.25, 0.3) is 0 Å². The Balaban J connectivity index is 2.22. The lowest BCUT2D eigenvalue weighted by molar-refractivity contribution is 0.415. The van der Waals surface area contributed by atoms with Gasteiger partial charge in [0.05, 0.1) is 13.7 Å². The Hall–Kier alpha value is -2.07. The first-order chi connectivity index (χ1) is 11.0. The first kappa shape index (κ1) is 17.3. The van der Waals surface area contributed by atoms with Gasteiger partial charge in [-0.25, -0.2) is 0 Å². The van der Waals surface area contributed by atoms with E-state index in [4.69, 9.17) is 17.0 Å². The summed E-state index contributed by atoms with van der Waals surface area (Å²) in [5.74, 6) is 1.38. The highest BCUT2D eigenvalue weighted by Gasteiger charge is 2.12. The first-order valence-electron chi connectivity index (χ1n) is 7.77. The second-order valence-corrected chi connectivity index (χ2v) is 6.12. The third-order valence-corrected chi connectivity index (χ3v) is 4.25. The van der Waals surface area contributed by atoms with Crippen molar-refractivity contribution in [2.24, 2.45) is 0 Å². The number of benzene rings is 2. The number of nitrogens with one attached hydrogen (secondary N) is 1. The Morgan fingerprint density at radius 1 is 1.09 bits per heavy atom. The molecule has 0 bridgehead atoms. The molecular formula is C19H24N2OS. The number of hydrogen-bond donors (Lipinski definition) is 1. The van der Waals surface area contributed by atoms with Crippen LogP contribution in [0.3, 0.4) is 0 Å². The predicted octanol–water partition coefficient (Wildman–Crippen LogP) is 4.33. The van der Waals surface area contributed by atoms with Gasteiger partial charge in [0, 0.05) is 12.7 Å². The molecule has 0 spiro atoms. The molecule has 0 amide bonds. The maximum atomic E-state index is 5.47. The molecular weight excluding hydrogens is 304 g/mol. The number of rotatable bonds is 5. The number of hydrogen-bond acceptors (Lipinski definition) is 2. The predicted molar refractivity (Wildman–Crippen MR) is 101 cm³/mol. The highest BCUT2D eigenvalue weighted by Crippen LogP contribution is 2.22. The monoisotopic (exact) mass is 328 g/mol. The van der Waals surface area contributed by atoms with Crippen LogP contribution in [0.5, 0.6) is 5.75 Å². The molecule has 0 aromatic heterocycles. The molecule has 3 nitrogen and oxygen atoms in total. The smallest absolute Gasteiger partial charge is 0.173 e. The van der Waals surface area contributed by atoms with E-state index >= 15 is 0 Å². The largest absolute Gasteiger partial charge is 0.497 e. The summed E-state index contributed by atoms with van der Waals surface area (Å²) in [5, 5.41) is 3.77. The molecule has 4 heteroatoms. The summed E-state index contributed by atoms with van der Waals surface area (Å²) >= 11 is 5.47. The van der Waals surface area contributed by atoms with Gasteiger partial charge < -0.3 is 15.0 Å². The van der Waals surface area contributed by atoms with Crippen molar-refractivity contribution in [1.29, 1.82) is 0 Å². The molecule has 2 rings (SSSR count). The van der Waals surface area contributed by atoms with E-state index < -0.39 is 0 Å². The zero-order valence-corrected chi connectivity index (χ0v) is 15.0. The van der Waals surface area contributed by atoms with Gasteiger partial charge in [-0.15, -0.1) is 0 Å². The van der Waals surface area contributed by atoms with Gasteiger partial charge in [-0.2, -0.15) is 0 Å². The maximum absolute atomic E-state index is 5.47. The number of nitrogens with zero attached hydrogens (tertiary/aromatic N) is 1. The molecule has 0 fully saturated rings. The van der Waals surface area contributed by atoms with E-state index in [1.54, 1.807) is 7.11 Å². The van der Waals surface area contributed by atoms with Gasteiger partial charge in [0.25, 0.3) is 0 Å². The summed E-state index contributed by atoms with van der Waals surface area (Å²) in [6.07, 6.45) is 0. The van der Waals surface area contributed by atoms with Crippen molar-refractivity contribution in [2.75, 3.05) is 19.1 Å². The average molecular weight is 328 g/mol. The molecule has 0 aliphatic rings. The molecule has 23 heavy (non-hydrogen) atoms. The highest BCUT2D eigenvalue weighted by molar-refractivity contribution is 7.80. The van der Waals surface area contributed by atoms with Crippen molar-refractivity contribution in [3.05, 3.63) is 59.7 Å². The number of ether oxygens (including phenoxy) is 1. The third-order valence-electron chi connectivity index (χ3n) is 3.83. The Kier molecular flexibility index (Phi) is 5.99. The molecule has 122 valence electrons. The maximum Gasteiger partial charge on any atom is 0.173 e. The fourth-order valence-corrected chi connectivity index (χ4v) is 2.54.